The van der Waals surface area contributed by atoms with E-state index in [-0.39, 0.29) is 18.9 Å². The van der Waals surface area contributed by atoms with Gasteiger partial charge in [0, 0.05) is 0 Å². The minimum absolute atomic E-state index is 0.00310. The van der Waals surface area contributed by atoms with Crippen molar-refractivity contribution in [3.05, 3.63) is 53.1 Å². The van der Waals surface area contributed by atoms with Crippen LogP contribution in [0.5, 0.6) is 17.2 Å². The van der Waals surface area contributed by atoms with Crippen molar-refractivity contribution < 1.29 is 28.2 Å². The second-order valence-corrected chi connectivity index (χ2v) is 8.73. The van der Waals surface area contributed by atoms with Crippen LogP contribution in [0.25, 0.3) is 12.2 Å². The SMILES string of the molecule is CCOP(=O)(O)Cc1ccc(/C=C/c2cc(OC)c(OC(C)CC)c(OC)c2)cc1. The molecule has 2 unspecified atom stereocenters. The number of methoxy groups -OCH3 is 2. The zero-order valence-corrected chi connectivity index (χ0v) is 19.1. The van der Waals surface area contributed by atoms with Crippen LogP contribution in [0.2, 0.25) is 0 Å². The highest BCUT2D eigenvalue weighted by atomic mass is 31.2. The minimum atomic E-state index is -3.59. The smallest absolute Gasteiger partial charge is 0.332 e. The maximum Gasteiger partial charge on any atom is 0.332 e. The summed E-state index contributed by atoms with van der Waals surface area (Å²) in [5.41, 5.74) is 2.61. The van der Waals surface area contributed by atoms with Crippen molar-refractivity contribution >= 4 is 19.7 Å². The fraction of sp³-hybridized carbons (Fsp3) is 0.391. The second kappa shape index (κ2) is 11.2. The van der Waals surface area contributed by atoms with Crippen molar-refractivity contribution in [2.45, 2.75) is 39.5 Å². The van der Waals surface area contributed by atoms with Gasteiger partial charge in [-0.2, -0.15) is 0 Å². The quantitative estimate of drug-likeness (QED) is 0.357. The average Bonchev–Trinajstić information content (AvgIpc) is 2.73. The first-order valence-electron chi connectivity index (χ1n) is 9.97. The number of ether oxygens (including phenoxy) is 3. The Morgan fingerprint density at radius 3 is 2.07 bits per heavy atom. The molecule has 164 valence electrons. The highest BCUT2D eigenvalue weighted by Crippen LogP contribution is 2.45. The van der Waals surface area contributed by atoms with Gasteiger partial charge in [0.05, 0.1) is 33.1 Å². The van der Waals surface area contributed by atoms with Crippen molar-refractivity contribution in [1.29, 1.82) is 0 Å². The predicted octanol–water partition coefficient (Wildman–Crippen LogP) is 5.77. The van der Waals surface area contributed by atoms with E-state index in [1.165, 1.54) is 0 Å². The Morgan fingerprint density at radius 2 is 1.57 bits per heavy atom. The van der Waals surface area contributed by atoms with Crippen molar-refractivity contribution in [1.82, 2.24) is 0 Å². The maximum absolute atomic E-state index is 11.9. The van der Waals surface area contributed by atoms with Gasteiger partial charge in [-0.3, -0.25) is 4.57 Å². The first-order chi connectivity index (χ1) is 14.3. The molecule has 0 aliphatic heterocycles. The first-order valence-corrected chi connectivity index (χ1v) is 11.7. The molecular formula is C23H31O6P. The van der Waals surface area contributed by atoms with Gasteiger partial charge in [-0.25, -0.2) is 0 Å². The molecule has 2 aromatic rings. The summed E-state index contributed by atoms with van der Waals surface area (Å²) in [7, 11) is -0.379. The number of rotatable bonds is 11. The normalized spacial score (nSPS) is 14.3. The van der Waals surface area contributed by atoms with Crippen LogP contribution in [0.4, 0.5) is 0 Å². The first kappa shape index (κ1) is 24.0. The topological polar surface area (TPSA) is 74.2 Å². The Hall–Kier alpha value is -2.27. The third-order valence-corrected chi connectivity index (χ3v) is 5.96. The van der Waals surface area contributed by atoms with Gasteiger partial charge in [-0.15, -0.1) is 0 Å². The summed E-state index contributed by atoms with van der Waals surface area (Å²) in [5, 5.41) is 0. The summed E-state index contributed by atoms with van der Waals surface area (Å²) in [4.78, 5) is 9.77. The van der Waals surface area contributed by atoms with Crippen LogP contribution in [0.3, 0.4) is 0 Å². The summed E-state index contributed by atoms with van der Waals surface area (Å²) >= 11 is 0. The molecule has 2 aromatic carbocycles. The molecule has 0 aliphatic carbocycles. The molecule has 6 nitrogen and oxygen atoms in total. The molecule has 0 amide bonds. The van der Waals surface area contributed by atoms with E-state index in [4.69, 9.17) is 18.7 Å². The lowest BCUT2D eigenvalue weighted by Gasteiger charge is -2.18. The molecular weight excluding hydrogens is 403 g/mol. The fourth-order valence-electron chi connectivity index (χ4n) is 2.80. The predicted molar refractivity (Wildman–Crippen MR) is 120 cm³/mol. The molecule has 7 heteroatoms. The molecule has 0 spiro atoms. The summed E-state index contributed by atoms with van der Waals surface area (Å²) in [6, 6.07) is 11.2. The van der Waals surface area contributed by atoms with Crippen LogP contribution >= 0.6 is 7.60 Å². The van der Waals surface area contributed by atoms with Gasteiger partial charge in [0.2, 0.25) is 5.75 Å². The molecule has 0 bridgehead atoms. The monoisotopic (exact) mass is 434 g/mol. The van der Waals surface area contributed by atoms with Crippen LogP contribution in [0.15, 0.2) is 36.4 Å². The summed E-state index contributed by atoms with van der Waals surface area (Å²) < 4.78 is 33.8. The summed E-state index contributed by atoms with van der Waals surface area (Å²) in [5.74, 6) is 1.82. The standard InChI is InChI=1S/C23H31O6P/c1-6-17(3)29-23-21(26-4)14-20(15-22(23)27-5)13-10-18-8-11-19(12-9-18)16-30(24,25)28-7-2/h8-15,17H,6-7,16H2,1-5H3,(H,24,25)/b13-10+. The average molecular weight is 434 g/mol. The van der Waals surface area contributed by atoms with E-state index in [1.807, 2.05) is 55.5 Å². The molecule has 0 radical (unpaired) electrons. The molecule has 0 aromatic heterocycles. The van der Waals surface area contributed by atoms with Gasteiger partial charge in [0.1, 0.15) is 0 Å². The summed E-state index contributed by atoms with van der Waals surface area (Å²) in [6.45, 7) is 5.97. The zero-order chi connectivity index (χ0) is 22.1. The van der Waals surface area contributed by atoms with E-state index >= 15 is 0 Å². The lowest BCUT2D eigenvalue weighted by molar-refractivity contribution is 0.198. The summed E-state index contributed by atoms with van der Waals surface area (Å²) in [6.07, 6.45) is 4.82. The van der Waals surface area contributed by atoms with Crippen molar-refractivity contribution in [3.8, 4) is 17.2 Å². The van der Waals surface area contributed by atoms with Crippen LogP contribution in [-0.4, -0.2) is 31.8 Å². The molecule has 0 fully saturated rings. The van der Waals surface area contributed by atoms with E-state index in [0.717, 1.165) is 23.1 Å². The van der Waals surface area contributed by atoms with E-state index in [1.54, 1.807) is 21.1 Å². The van der Waals surface area contributed by atoms with Crippen molar-refractivity contribution in [2.75, 3.05) is 20.8 Å². The lowest BCUT2D eigenvalue weighted by atomic mass is 10.1. The Balaban J connectivity index is 2.20. The Morgan fingerprint density at radius 1 is 1.00 bits per heavy atom. The third-order valence-electron chi connectivity index (χ3n) is 4.54. The molecule has 0 saturated carbocycles. The van der Waals surface area contributed by atoms with E-state index in [2.05, 4.69) is 6.92 Å². The molecule has 0 heterocycles. The van der Waals surface area contributed by atoms with Gasteiger partial charge in [0.15, 0.2) is 11.5 Å². The lowest BCUT2D eigenvalue weighted by Crippen LogP contribution is -2.11. The van der Waals surface area contributed by atoms with Gasteiger partial charge in [0.25, 0.3) is 0 Å². The minimum Gasteiger partial charge on any atom is -0.493 e. The van der Waals surface area contributed by atoms with Crippen molar-refractivity contribution in [3.63, 3.8) is 0 Å². The third kappa shape index (κ3) is 6.91. The van der Waals surface area contributed by atoms with E-state index in [9.17, 15) is 9.46 Å². The highest BCUT2D eigenvalue weighted by molar-refractivity contribution is 7.51. The van der Waals surface area contributed by atoms with Crippen LogP contribution < -0.4 is 14.2 Å². The zero-order valence-electron chi connectivity index (χ0n) is 18.3. The maximum atomic E-state index is 11.9. The van der Waals surface area contributed by atoms with Gasteiger partial charge >= 0.3 is 7.60 Å². The van der Waals surface area contributed by atoms with Crippen molar-refractivity contribution in [2.24, 2.45) is 0 Å². The molecule has 1 N–H and O–H groups in total. The molecule has 2 rings (SSSR count). The van der Waals surface area contributed by atoms with Crippen LogP contribution in [0.1, 0.15) is 43.9 Å². The van der Waals surface area contributed by atoms with E-state index in [0.29, 0.717) is 17.2 Å². The second-order valence-electron chi connectivity index (χ2n) is 6.88. The highest BCUT2D eigenvalue weighted by Gasteiger charge is 2.19. The fourth-order valence-corrected chi connectivity index (χ4v) is 3.97. The Bertz CT molecular complexity index is 866. The number of benzene rings is 2. The van der Waals surface area contributed by atoms with Crippen LogP contribution in [-0.2, 0) is 15.3 Å². The largest absolute Gasteiger partial charge is 0.493 e. The van der Waals surface area contributed by atoms with Gasteiger partial charge in [-0.1, -0.05) is 43.3 Å². The molecule has 0 saturated heterocycles. The van der Waals surface area contributed by atoms with Crippen LogP contribution in [0, 0.1) is 0 Å². The molecule has 0 aliphatic rings. The van der Waals surface area contributed by atoms with E-state index < -0.39 is 7.60 Å². The van der Waals surface area contributed by atoms with Gasteiger partial charge in [-0.05, 0) is 49.1 Å². The Labute approximate surface area is 179 Å². The molecule has 30 heavy (non-hydrogen) atoms. The van der Waals surface area contributed by atoms with Gasteiger partial charge < -0.3 is 23.6 Å². The Kier molecular flexibility index (Phi) is 8.97. The number of hydrogen-bond donors (Lipinski definition) is 1. The molecule has 2 atom stereocenters. The number of hydrogen-bond acceptors (Lipinski definition) is 5.